The van der Waals surface area contributed by atoms with E-state index >= 15 is 0 Å². The summed E-state index contributed by atoms with van der Waals surface area (Å²) in [6.45, 7) is 4.82. The van der Waals surface area contributed by atoms with Crippen molar-refractivity contribution >= 4 is 12.0 Å². The number of carbonyl (C=O) groups is 1. The predicted octanol–water partition coefficient (Wildman–Crippen LogP) is 3.23. The second-order valence-electron chi connectivity index (χ2n) is 4.15. The first-order valence-corrected chi connectivity index (χ1v) is 6.81. The largest absolute Gasteiger partial charge is 0.276 e. The highest BCUT2D eigenvalue weighted by atomic mass is 16.2. The first-order valence-electron chi connectivity index (χ1n) is 6.81. The maximum Gasteiger partial charge on any atom is 0.234 e. The van der Waals surface area contributed by atoms with Gasteiger partial charge in [0.25, 0.3) is 0 Å². The van der Waals surface area contributed by atoms with E-state index in [-0.39, 0.29) is 5.91 Å². The van der Waals surface area contributed by atoms with E-state index in [1.165, 1.54) is 10.6 Å². The van der Waals surface area contributed by atoms with Gasteiger partial charge in [0.2, 0.25) is 12.0 Å². The highest BCUT2D eigenvalue weighted by Gasteiger charge is 2.01. The third-order valence-corrected chi connectivity index (χ3v) is 2.47. The molecule has 1 aromatic heterocycles. The lowest BCUT2D eigenvalue weighted by atomic mass is 10.2. The Morgan fingerprint density at radius 3 is 2.53 bits per heavy atom. The van der Waals surface area contributed by atoms with Gasteiger partial charge in [-0.1, -0.05) is 33.1 Å². The number of imidazole rings is 1. The number of hydrogen-bond donors (Lipinski definition) is 0. The van der Waals surface area contributed by atoms with Gasteiger partial charge in [0, 0.05) is 18.8 Å². The number of isocyanates is 1. The maximum absolute atomic E-state index is 11.3. The number of unbranched alkanes of at least 4 members (excludes halogenated alkanes) is 3. The highest BCUT2D eigenvalue weighted by molar-refractivity contribution is 5.78. The summed E-state index contributed by atoms with van der Waals surface area (Å²) < 4.78 is 1.54. The SMILES string of the molecule is CCCCCC(=O)n1ccnc1.CCCCN=C=O. The molecular weight excluding hydrogens is 242 g/mol. The molecule has 1 aromatic rings. The van der Waals surface area contributed by atoms with E-state index in [9.17, 15) is 9.59 Å². The van der Waals surface area contributed by atoms with Gasteiger partial charge < -0.3 is 0 Å². The Morgan fingerprint density at radius 2 is 2.00 bits per heavy atom. The van der Waals surface area contributed by atoms with Gasteiger partial charge in [0.1, 0.15) is 6.33 Å². The van der Waals surface area contributed by atoms with Crippen molar-refractivity contribution in [3.63, 3.8) is 0 Å². The Morgan fingerprint density at radius 1 is 1.26 bits per heavy atom. The Bertz CT molecular complexity index is 368. The molecule has 0 aromatic carbocycles. The summed E-state index contributed by atoms with van der Waals surface area (Å²) in [5.74, 6) is 0.140. The summed E-state index contributed by atoms with van der Waals surface area (Å²) in [7, 11) is 0. The Hall–Kier alpha value is -1.74. The normalized spacial score (nSPS) is 9.16. The number of aromatic nitrogens is 2. The van der Waals surface area contributed by atoms with Crippen molar-refractivity contribution in [2.24, 2.45) is 4.99 Å². The number of carbonyl (C=O) groups excluding carboxylic acids is 2. The molecule has 0 atom stereocenters. The molecule has 5 nitrogen and oxygen atoms in total. The van der Waals surface area contributed by atoms with E-state index < -0.39 is 0 Å². The monoisotopic (exact) mass is 265 g/mol. The molecule has 0 amide bonds. The Balaban J connectivity index is 0.000000399. The van der Waals surface area contributed by atoms with Crippen molar-refractivity contribution in [3.05, 3.63) is 18.7 Å². The Kier molecular flexibility index (Phi) is 11.5. The van der Waals surface area contributed by atoms with Crippen LogP contribution in [0.15, 0.2) is 23.7 Å². The van der Waals surface area contributed by atoms with E-state index in [2.05, 4.69) is 23.8 Å². The highest BCUT2D eigenvalue weighted by Crippen LogP contribution is 2.01. The molecule has 0 spiro atoms. The molecule has 0 aliphatic rings. The quantitative estimate of drug-likeness (QED) is 0.432. The molecule has 0 bridgehead atoms. The fourth-order valence-corrected chi connectivity index (χ4v) is 1.34. The van der Waals surface area contributed by atoms with E-state index in [1.807, 2.05) is 0 Å². The molecule has 5 heteroatoms. The van der Waals surface area contributed by atoms with Crippen molar-refractivity contribution in [1.29, 1.82) is 0 Å². The standard InChI is InChI=1S/C9H14N2O.C5H9NO/c1-2-3-4-5-9(12)11-7-6-10-8-11;1-2-3-4-6-5-7/h6-8H,2-5H2,1H3;2-4H2,1H3. The summed E-state index contributed by atoms with van der Waals surface area (Å²) in [5, 5.41) is 0. The number of hydrogen-bond acceptors (Lipinski definition) is 4. The summed E-state index contributed by atoms with van der Waals surface area (Å²) in [4.78, 5) is 27.9. The van der Waals surface area contributed by atoms with E-state index in [4.69, 9.17) is 0 Å². The molecule has 0 radical (unpaired) electrons. The summed E-state index contributed by atoms with van der Waals surface area (Å²) in [5.41, 5.74) is 0. The molecule has 0 fully saturated rings. The Labute approximate surface area is 114 Å². The van der Waals surface area contributed by atoms with Gasteiger partial charge in [-0.3, -0.25) is 9.36 Å². The lowest BCUT2D eigenvalue weighted by molar-refractivity contribution is 0.0899. The zero-order chi connectivity index (χ0) is 14.3. The van der Waals surface area contributed by atoms with Crippen LogP contribution in [0.4, 0.5) is 0 Å². The summed E-state index contributed by atoms with van der Waals surface area (Å²) in [6.07, 6.45) is 12.3. The van der Waals surface area contributed by atoms with Crippen molar-refractivity contribution < 1.29 is 9.59 Å². The molecule has 0 aliphatic carbocycles. The second-order valence-corrected chi connectivity index (χ2v) is 4.15. The molecule has 0 aliphatic heterocycles. The average molecular weight is 265 g/mol. The van der Waals surface area contributed by atoms with E-state index in [0.717, 1.165) is 32.1 Å². The van der Waals surface area contributed by atoms with Crippen molar-refractivity contribution in [1.82, 2.24) is 9.55 Å². The maximum atomic E-state index is 11.3. The molecule has 106 valence electrons. The molecule has 0 saturated heterocycles. The summed E-state index contributed by atoms with van der Waals surface area (Å²) in [6, 6.07) is 0. The molecule has 0 unspecified atom stereocenters. The van der Waals surface area contributed by atoms with Gasteiger partial charge in [-0.05, 0) is 12.8 Å². The summed E-state index contributed by atoms with van der Waals surface area (Å²) >= 11 is 0. The smallest absolute Gasteiger partial charge is 0.234 e. The molecule has 0 saturated carbocycles. The molecule has 1 rings (SSSR count). The van der Waals surface area contributed by atoms with Crippen LogP contribution in [0.25, 0.3) is 0 Å². The molecular formula is C14H23N3O2. The van der Waals surface area contributed by atoms with Gasteiger partial charge in [-0.15, -0.1) is 0 Å². The first kappa shape index (κ1) is 17.3. The average Bonchev–Trinajstić information content (AvgIpc) is 2.94. The number of nitrogens with zero attached hydrogens (tertiary/aromatic N) is 3. The first-order chi connectivity index (χ1) is 9.26. The molecule has 1 heterocycles. The lowest BCUT2D eigenvalue weighted by Crippen LogP contribution is -2.07. The third kappa shape index (κ3) is 9.92. The third-order valence-electron chi connectivity index (χ3n) is 2.47. The predicted molar refractivity (Wildman–Crippen MR) is 74.9 cm³/mol. The van der Waals surface area contributed by atoms with Crippen LogP contribution >= 0.6 is 0 Å². The molecule has 19 heavy (non-hydrogen) atoms. The fraction of sp³-hybridized carbons (Fsp3) is 0.643. The fourth-order valence-electron chi connectivity index (χ4n) is 1.34. The van der Waals surface area contributed by atoms with Crippen LogP contribution < -0.4 is 0 Å². The van der Waals surface area contributed by atoms with Crippen LogP contribution in [0, 0.1) is 0 Å². The second kappa shape index (κ2) is 12.7. The van der Waals surface area contributed by atoms with Crippen LogP contribution in [-0.4, -0.2) is 28.1 Å². The topological polar surface area (TPSA) is 64.3 Å². The van der Waals surface area contributed by atoms with Crippen molar-refractivity contribution in [2.75, 3.05) is 6.54 Å². The van der Waals surface area contributed by atoms with Crippen molar-refractivity contribution in [3.8, 4) is 0 Å². The minimum atomic E-state index is 0.140. The lowest BCUT2D eigenvalue weighted by Gasteiger charge is -1.98. The van der Waals surface area contributed by atoms with Crippen LogP contribution in [0.5, 0.6) is 0 Å². The van der Waals surface area contributed by atoms with Gasteiger partial charge in [-0.25, -0.2) is 14.8 Å². The number of aliphatic imine (C=N–C) groups is 1. The number of rotatable bonds is 7. The van der Waals surface area contributed by atoms with Crippen LogP contribution in [0.3, 0.4) is 0 Å². The zero-order valence-electron chi connectivity index (χ0n) is 11.8. The minimum Gasteiger partial charge on any atom is -0.276 e. The van der Waals surface area contributed by atoms with Gasteiger partial charge >= 0.3 is 0 Å². The van der Waals surface area contributed by atoms with Crippen LogP contribution in [0.2, 0.25) is 0 Å². The minimum absolute atomic E-state index is 0.140. The van der Waals surface area contributed by atoms with Gasteiger partial charge in [0.05, 0.1) is 6.54 Å². The van der Waals surface area contributed by atoms with E-state index in [1.54, 1.807) is 18.7 Å². The van der Waals surface area contributed by atoms with Crippen LogP contribution in [0.1, 0.15) is 57.2 Å². The van der Waals surface area contributed by atoms with Gasteiger partial charge in [-0.2, -0.15) is 0 Å². The van der Waals surface area contributed by atoms with Crippen molar-refractivity contribution in [2.45, 2.75) is 52.4 Å². The van der Waals surface area contributed by atoms with Gasteiger partial charge in [0.15, 0.2) is 0 Å². The van der Waals surface area contributed by atoms with Crippen LogP contribution in [-0.2, 0) is 4.79 Å². The molecule has 0 N–H and O–H groups in total. The van der Waals surface area contributed by atoms with E-state index in [0.29, 0.717) is 13.0 Å². The zero-order valence-corrected chi connectivity index (χ0v) is 11.8.